The maximum absolute atomic E-state index is 6.25. The van der Waals surface area contributed by atoms with Crippen molar-refractivity contribution >= 4 is 11.6 Å². The van der Waals surface area contributed by atoms with Gasteiger partial charge in [0.25, 0.3) is 0 Å². The Labute approximate surface area is 133 Å². The van der Waals surface area contributed by atoms with Crippen LogP contribution in [0, 0.1) is 11.8 Å². The molecule has 21 heavy (non-hydrogen) atoms. The Morgan fingerprint density at radius 2 is 2.00 bits per heavy atom. The van der Waals surface area contributed by atoms with Crippen LogP contribution in [0.5, 0.6) is 5.75 Å². The van der Waals surface area contributed by atoms with E-state index in [4.69, 9.17) is 22.1 Å². The van der Waals surface area contributed by atoms with E-state index in [1.165, 1.54) is 18.4 Å². The predicted octanol–water partition coefficient (Wildman–Crippen LogP) is 3.72. The summed E-state index contributed by atoms with van der Waals surface area (Å²) in [4.78, 5) is 2.50. The molecule has 118 valence electrons. The Morgan fingerprint density at radius 3 is 2.48 bits per heavy atom. The minimum Gasteiger partial charge on any atom is -0.495 e. The van der Waals surface area contributed by atoms with Crippen LogP contribution in [-0.4, -0.2) is 31.6 Å². The highest BCUT2D eigenvalue weighted by Crippen LogP contribution is 2.33. The number of hydrogen-bond donors (Lipinski definition) is 1. The van der Waals surface area contributed by atoms with E-state index >= 15 is 0 Å². The van der Waals surface area contributed by atoms with Crippen LogP contribution in [0.1, 0.15) is 38.3 Å². The van der Waals surface area contributed by atoms with Gasteiger partial charge in [0.15, 0.2) is 0 Å². The summed E-state index contributed by atoms with van der Waals surface area (Å²) in [6.45, 7) is 7.51. The molecule has 2 N–H and O–H groups in total. The zero-order chi connectivity index (χ0) is 15.4. The first-order valence-corrected chi connectivity index (χ1v) is 8.22. The lowest BCUT2D eigenvalue weighted by Crippen LogP contribution is -2.40. The van der Waals surface area contributed by atoms with E-state index in [2.05, 4.69) is 24.8 Å². The third-order valence-electron chi connectivity index (χ3n) is 4.74. The summed E-state index contributed by atoms with van der Waals surface area (Å²) < 4.78 is 5.22. The molecule has 2 rings (SSSR count). The normalized spacial score (nSPS) is 19.0. The molecule has 1 atom stereocenters. The molecular weight excluding hydrogens is 284 g/mol. The highest BCUT2D eigenvalue weighted by molar-refractivity contribution is 6.32. The number of benzene rings is 1. The monoisotopic (exact) mass is 310 g/mol. The number of methoxy groups -OCH3 is 1. The van der Waals surface area contributed by atoms with Crippen molar-refractivity contribution in [1.82, 2.24) is 4.90 Å². The summed E-state index contributed by atoms with van der Waals surface area (Å²) in [5.41, 5.74) is 7.22. The molecule has 3 nitrogen and oxygen atoms in total. The van der Waals surface area contributed by atoms with Crippen molar-refractivity contribution in [2.45, 2.75) is 32.7 Å². The molecule has 0 bridgehead atoms. The first kappa shape index (κ1) is 16.6. The van der Waals surface area contributed by atoms with E-state index in [0.717, 1.165) is 30.7 Å². The number of likely N-dealkylation sites (tertiary alicyclic amines) is 1. The maximum Gasteiger partial charge on any atom is 0.137 e. The summed E-state index contributed by atoms with van der Waals surface area (Å²) in [6, 6.07) is 6.26. The lowest BCUT2D eigenvalue weighted by atomic mass is 9.86. The average molecular weight is 311 g/mol. The highest BCUT2D eigenvalue weighted by Gasteiger charge is 2.27. The van der Waals surface area contributed by atoms with Crippen LogP contribution in [0.15, 0.2) is 18.2 Å². The molecule has 4 heteroatoms. The Hall–Kier alpha value is -0.770. The Kier molecular flexibility index (Phi) is 5.91. The van der Waals surface area contributed by atoms with Crippen LogP contribution in [-0.2, 0) is 0 Å². The second-order valence-corrected chi connectivity index (χ2v) is 6.67. The maximum atomic E-state index is 6.25. The van der Waals surface area contributed by atoms with E-state index in [1.807, 2.05) is 12.1 Å². The minimum absolute atomic E-state index is 0.251. The van der Waals surface area contributed by atoms with E-state index in [9.17, 15) is 0 Å². The number of rotatable bonds is 5. The first-order chi connectivity index (χ1) is 10.1. The van der Waals surface area contributed by atoms with Crippen molar-refractivity contribution in [1.29, 1.82) is 0 Å². The van der Waals surface area contributed by atoms with Gasteiger partial charge >= 0.3 is 0 Å². The lowest BCUT2D eigenvalue weighted by Gasteiger charge is -2.38. The SMILES string of the molecule is COc1ccc(C(CN)N2CCC(C(C)C)CC2)cc1Cl. The van der Waals surface area contributed by atoms with Crippen LogP contribution in [0.25, 0.3) is 0 Å². The molecule has 0 aromatic heterocycles. The van der Waals surface area contributed by atoms with E-state index < -0.39 is 0 Å². The van der Waals surface area contributed by atoms with Crippen molar-refractivity contribution in [2.75, 3.05) is 26.7 Å². The van der Waals surface area contributed by atoms with Gasteiger partial charge < -0.3 is 10.5 Å². The quantitative estimate of drug-likeness (QED) is 0.901. The number of piperidine rings is 1. The third kappa shape index (κ3) is 3.91. The van der Waals surface area contributed by atoms with Gasteiger partial charge in [-0.25, -0.2) is 0 Å². The number of nitrogens with zero attached hydrogens (tertiary/aromatic N) is 1. The van der Waals surface area contributed by atoms with Crippen molar-refractivity contribution < 1.29 is 4.74 Å². The van der Waals surface area contributed by atoms with Crippen LogP contribution in [0.3, 0.4) is 0 Å². The fraction of sp³-hybridized carbons (Fsp3) is 0.647. The zero-order valence-corrected chi connectivity index (χ0v) is 14.1. The second-order valence-electron chi connectivity index (χ2n) is 6.26. The molecule has 1 aliphatic rings. The summed E-state index contributed by atoms with van der Waals surface area (Å²) in [6.07, 6.45) is 2.52. The van der Waals surface area contributed by atoms with Gasteiger partial charge in [-0.1, -0.05) is 31.5 Å². The molecule has 1 fully saturated rings. The Bertz CT molecular complexity index is 456. The molecule has 0 radical (unpaired) electrons. The van der Waals surface area contributed by atoms with Crippen LogP contribution >= 0.6 is 11.6 Å². The van der Waals surface area contributed by atoms with Gasteiger partial charge in [0.05, 0.1) is 12.1 Å². The molecule has 1 heterocycles. The largest absolute Gasteiger partial charge is 0.495 e. The summed E-state index contributed by atoms with van der Waals surface area (Å²) in [7, 11) is 1.64. The molecule has 1 aliphatic heterocycles. The molecule has 1 saturated heterocycles. The zero-order valence-electron chi connectivity index (χ0n) is 13.3. The molecule has 1 aromatic carbocycles. The fourth-order valence-electron chi connectivity index (χ4n) is 3.28. The van der Waals surface area contributed by atoms with E-state index in [0.29, 0.717) is 11.6 Å². The first-order valence-electron chi connectivity index (χ1n) is 7.84. The number of nitrogens with two attached hydrogens (primary N) is 1. The van der Waals surface area contributed by atoms with Gasteiger partial charge in [-0.15, -0.1) is 0 Å². The van der Waals surface area contributed by atoms with Crippen LogP contribution < -0.4 is 10.5 Å². The fourth-order valence-corrected chi connectivity index (χ4v) is 3.55. The van der Waals surface area contributed by atoms with E-state index in [1.54, 1.807) is 7.11 Å². The number of hydrogen-bond acceptors (Lipinski definition) is 3. The van der Waals surface area contributed by atoms with Gasteiger partial charge in [0, 0.05) is 12.6 Å². The molecule has 0 saturated carbocycles. The molecule has 0 spiro atoms. The molecular formula is C17H27ClN2O. The standard InChI is InChI=1S/C17H27ClN2O/c1-12(2)13-6-8-20(9-7-13)16(11-19)14-4-5-17(21-3)15(18)10-14/h4-5,10,12-13,16H,6-9,11,19H2,1-3H3. The molecule has 0 aliphatic carbocycles. The summed E-state index contributed by atoms with van der Waals surface area (Å²) in [5.74, 6) is 2.34. The molecule has 1 aromatic rings. The summed E-state index contributed by atoms with van der Waals surface area (Å²) >= 11 is 6.25. The Morgan fingerprint density at radius 1 is 1.33 bits per heavy atom. The lowest BCUT2D eigenvalue weighted by molar-refractivity contribution is 0.117. The van der Waals surface area contributed by atoms with Gasteiger partial charge in [-0.05, 0) is 55.5 Å². The van der Waals surface area contributed by atoms with Crippen LogP contribution in [0.2, 0.25) is 5.02 Å². The number of ether oxygens (including phenoxy) is 1. The Balaban J connectivity index is 2.08. The smallest absolute Gasteiger partial charge is 0.137 e. The second kappa shape index (κ2) is 7.48. The van der Waals surface area contributed by atoms with Crippen molar-refractivity contribution in [3.63, 3.8) is 0 Å². The predicted molar refractivity (Wildman–Crippen MR) is 88.9 cm³/mol. The van der Waals surface area contributed by atoms with Crippen molar-refractivity contribution in [3.8, 4) is 5.75 Å². The molecule has 0 amide bonds. The van der Waals surface area contributed by atoms with Crippen molar-refractivity contribution in [2.24, 2.45) is 17.6 Å². The molecule has 1 unspecified atom stereocenters. The van der Waals surface area contributed by atoms with Gasteiger partial charge in [0.1, 0.15) is 5.75 Å². The van der Waals surface area contributed by atoms with Crippen LogP contribution in [0.4, 0.5) is 0 Å². The minimum atomic E-state index is 0.251. The summed E-state index contributed by atoms with van der Waals surface area (Å²) in [5, 5.41) is 0.658. The van der Waals surface area contributed by atoms with Gasteiger partial charge in [-0.3, -0.25) is 4.90 Å². The van der Waals surface area contributed by atoms with Gasteiger partial charge in [-0.2, -0.15) is 0 Å². The van der Waals surface area contributed by atoms with Crippen molar-refractivity contribution in [3.05, 3.63) is 28.8 Å². The van der Waals surface area contributed by atoms with Gasteiger partial charge in [0.2, 0.25) is 0 Å². The third-order valence-corrected chi connectivity index (χ3v) is 5.04. The average Bonchev–Trinajstić information content (AvgIpc) is 2.49. The highest BCUT2D eigenvalue weighted by atomic mass is 35.5. The van der Waals surface area contributed by atoms with E-state index in [-0.39, 0.29) is 6.04 Å². The number of halogens is 1. The topological polar surface area (TPSA) is 38.5 Å².